The van der Waals surface area contributed by atoms with Crippen LogP contribution in [0.3, 0.4) is 0 Å². The number of benzene rings is 1. The third kappa shape index (κ3) is 3.78. The van der Waals surface area contributed by atoms with Crippen molar-refractivity contribution in [3.8, 4) is 5.75 Å². The highest BCUT2D eigenvalue weighted by Crippen LogP contribution is 2.36. The lowest BCUT2D eigenvalue weighted by Gasteiger charge is -2.17. The first kappa shape index (κ1) is 15.9. The molecule has 0 bridgehead atoms. The van der Waals surface area contributed by atoms with E-state index < -0.39 is 29.5 Å². The average Bonchev–Trinajstić information content (AvgIpc) is 2.83. The second-order valence-corrected chi connectivity index (χ2v) is 4.62. The fourth-order valence-corrected chi connectivity index (χ4v) is 1.76. The van der Waals surface area contributed by atoms with Crippen LogP contribution in [0.4, 0.5) is 19.0 Å². The van der Waals surface area contributed by atoms with Gasteiger partial charge in [-0.2, -0.15) is 18.3 Å². The van der Waals surface area contributed by atoms with Crippen LogP contribution in [0.5, 0.6) is 5.75 Å². The summed E-state index contributed by atoms with van der Waals surface area (Å²) in [6.07, 6.45) is -4.03. The Morgan fingerprint density at radius 1 is 1.32 bits per heavy atom. The Hall–Kier alpha value is -2.51. The molecule has 0 aliphatic rings. The van der Waals surface area contributed by atoms with E-state index in [4.69, 9.17) is 4.74 Å². The minimum atomic E-state index is -4.55. The molecular formula is C14H14F3N3O2. The maximum Gasteiger partial charge on any atom is 0.419 e. The fraction of sp³-hybridized carbons (Fsp3) is 0.286. The number of rotatable bonds is 4. The highest BCUT2D eigenvalue weighted by molar-refractivity contribution is 5.93. The van der Waals surface area contributed by atoms with Gasteiger partial charge in [-0.05, 0) is 19.1 Å². The van der Waals surface area contributed by atoms with Crippen LogP contribution in [0, 0.1) is 0 Å². The maximum absolute atomic E-state index is 12.9. The zero-order valence-corrected chi connectivity index (χ0v) is 11.9. The van der Waals surface area contributed by atoms with E-state index in [0.29, 0.717) is 5.82 Å². The summed E-state index contributed by atoms with van der Waals surface area (Å²) in [4.78, 5) is 11.9. The molecule has 2 rings (SSSR count). The van der Waals surface area contributed by atoms with Crippen molar-refractivity contribution in [2.75, 3.05) is 5.32 Å². The number of hydrogen-bond donors (Lipinski definition) is 1. The first-order valence-electron chi connectivity index (χ1n) is 6.41. The molecule has 0 fully saturated rings. The molecule has 2 aromatic rings. The van der Waals surface area contributed by atoms with Crippen molar-refractivity contribution in [3.05, 3.63) is 42.1 Å². The molecule has 1 aromatic carbocycles. The van der Waals surface area contributed by atoms with E-state index in [1.54, 1.807) is 19.3 Å². The molecule has 0 saturated heterocycles. The topological polar surface area (TPSA) is 56.1 Å². The van der Waals surface area contributed by atoms with Gasteiger partial charge in [0, 0.05) is 19.3 Å². The van der Waals surface area contributed by atoms with Gasteiger partial charge in [-0.3, -0.25) is 9.48 Å². The summed E-state index contributed by atoms with van der Waals surface area (Å²) < 4.78 is 45.2. The van der Waals surface area contributed by atoms with Crippen molar-refractivity contribution in [2.45, 2.75) is 19.2 Å². The number of aryl methyl sites for hydroxylation is 1. The van der Waals surface area contributed by atoms with Gasteiger partial charge in [0.2, 0.25) is 0 Å². The molecule has 8 heteroatoms. The number of amides is 1. The molecular weight excluding hydrogens is 299 g/mol. The average molecular weight is 313 g/mol. The lowest BCUT2D eigenvalue weighted by molar-refractivity contribution is -0.140. The van der Waals surface area contributed by atoms with Crippen molar-refractivity contribution in [3.63, 3.8) is 0 Å². The van der Waals surface area contributed by atoms with Gasteiger partial charge < -0.3 is 10.1 Å². The highest BCUT2D eigenvalue weighted by Gasteiger charge is 2.34. The van der Waals surface area contributed by atoms with Crippen molar-refractivity contribution < 1.29 is 22.7 Å². The highest BCUT2D eigenvalue weighted by atomic mass is 19.4. The lowest BCUT2D eigenvalue weighted by Crippen LogP contribution is -2.31. The van der Waals surface area contributed by atoms with E-state index in [1.165, 1.54) is 29.8 Å². The first-order valence-corrected chi connectivity index (χ1v) is 6.41. The number of nitrogens with zero attached hydrogens (tertiary/aromatic N) is 2. The summed E-state index contributed by atoms with van der Waals surface area (Å²) in [7, 11) is 1.68. The minimum absolute atomic E-state index is 0.298. The van der Waals surface area contributed by atoms with Gasteiger partial charge in [-0.1, -0.05) is 12.1 Å². The molecule has 0 aliphatic carbocycles. The molecule has 5 nitrogen and oxygen atoms in total. The lowest BCUT2D eigenvalue weighted by atomic mass is 10.2. The van der Waals surface area contributed by atoms with E-state index in [0.717, 1.165) is 6.07 Å². The molecule has 0 aliphatic heterocycles. The maximum atomic E-state index is 12.9. The Morgan fingerprint density at radius 3 is 2.59 bits per heavy atom. The van der Waals surface area contributed by atoms with Gasteiger partial charge in [0.05, 0.1) is 5.56 Å². The Kier molecular flexibility index (Phi) is 4.39. The van der Waals surface area contributed by atoms with Gasteiger partial charge in [0.15, 0.2) is 11.9 Å². The number of carbonyl (C=O) groups is 1. The molecule has 1 N–H and O–H groups in total. The number of hydrogen-bond acceptors (Lipinski definition) is 3. The van der Waals surface area contributed by atoms with E-state index in [-0.39, 0.29) is 0 Å². The van der Waals surface area contributed by atoms with E-state index in [1.807, 2.05) is 0 Å². The molecule has 1 aromatic heterocycles. The van der Waals surface area contributed by atoms with E-state index in [2.05, 4.69) is 10.4 Å². The van der Waals surface area contributed by atoms with Crippen LogP contribution in [0.25, 0.3) is 0 Å². The van der Waals surface area contributed by atoms with Crippen molar-refractivity contribution in [1.82, 2.24) is 9.78 Å². The number of nitrogens with one attached hydrogen (secondary N) is 1. The van der Waals surface area contributed by atoms with Gasteiger partial charge in [-0.25, -0.2) is 0 Å². The van der Waals surface area contributed by atoms with Gasteiger partial charge in [0.25, 0.3) is 5.91 Å². The predicted molar refractivity (Wildman–Crippen MR) is 73.4 cm³/mol. The Labute approximate surface area is 124 Å². The number of carbonyl (C=O) groups excluding carboxylic acids is 1. The summed E-state index contributed by atoms with van der Waals surface area (Å²) >= 11 is 0. The van der Waals surface area contributed by atoms with Gasteiger partial charge in [-0.15, -0.1) is 0 Å². The zero-order valence-electron chi connectivity index (χ0n) is 11.9. The molecule has 0 radical (unpaired) electrons. The standard InChI is InChI=1S/C14H14F3N3O2/c1-9(13(21)18-12-7-8-20(2)19-12)22-11-6-4-3-5-10(11)14(15,16)17/h3-9H,1-2H3,(H,18,19,21)/t9-/m1/s1. The van der Waals surface area contributed by atoms with E-state index >= 15 is 0 Å². The number of para-hydroxylation sites is 1. The molecule has 22 heavy (non-hydrogen) atoms. The molecule has 0 unspecified atom stereocenters. The predicted octanol–water partition coefficient (Wildman–Crippen LogP) is 2.84. The van der Waals surface area contributed by atoms with E-state index in [9.17, 15) is 18.0 Å². The minimum Gasteiger partial charge on any atom is -0.480 e. The van der Waals surface area contributed by atoms with Gasteiger partial charge >= 0.3 is 6.18 Å². The summed E-state index contributed by atoms with van der Waals surface area (Å²) in [5.41, 5.74) is -0.924. The van der Waals surface area contributed by atoms with Crippen LogP contribution in [0.1, 0.15) is 12.5 Å². The number of ether oxygens (including phenoxy) is 1. The Morgan fingerprint density at radius 2 is 2.00 bits per heavy atom. The van der Waals surface area contributed by atoms with Gasteiger partial charge in [0.1, 0.15) is 5.75 Å². The third-order valence-electron chi connectivity index (χ3n) is 2.83. The van der Waals surface area contributed by atoms with Crippen LogP contribution in [-0.4, -0.2) is 21.8 Å². The largest absolute Gasteiger partial charge is 0.480 e. The molecule has 1 heterocycles. The van der Waals surface area contributed by atoms with Crippen LogP contribution < -0.4 is 10.1 Å². The van der Waals surface area contributed by atoms with Crippen LogP contribution >= 0.6 is 0 Å². The first-order chi connectivity index (χ1) is 10.3. The molecule has 0 saturated carbocycles. The quantitative estimate of drug-likeness (QED) is 0.944. The second-order valence-electron chi connectivity index (χ2n) is 4.62. The third-order valence-corrected chi connectivity index (χ3v) is 2.83. The number of aromatic nitrogens is 2. The van der Waals surface area contributed by atoms with Crippen LogP contribution in [0.15, 0.2) is 36.5 Å². The monoisotopic (exact) mass is 313 g/mol. The summed E-state index contributed by atoms with van der Waals surface area (Å²) in [5, 5.41) is 6.41. The summed E-state index contributed by atoms with van der Waals surface area (Å²) in [6.45, 7) is 1.37. The smallest absolute Gasteiger partial charge is 0.419 e. The summed E-state index contributed by atoms with van der Waals surface area (Å²) in [6, 6.07) is 6.31. The zero-order chi connectivity index (χ0) is 16.3. The van der Waals surface area contributed by atoms with Crippen LogP contribution in [0.2, 0.25) is 0 Å². The Balaban J connectivity index is 2.09. The molecule has 1 amide bonds. The number of anilines is 1. The van der Waals surface area contributed by atoms with Crippen molar-refractivity contribution in [1.29, 1.82) is 0 Å². The normalized spacial score (nSPS) is 12.8. The Bertz CT molecular complexity index is 667. The second kappa shape index (κ2) is 6.08. The van der Waals surface area contributed by atoms with Crippen molar-refractivity contribution in [2.24, 2.45) is 7.05 Å². The molecule has 118 valence electrons. The molecule has 1 atom stereocenters. The summed E-state index contributed by atoms with van der Waals surface area (Å²) in [5.74, 6) is -0.679. The SMILES string of the molecule is C[C@@H](Oc1ccccc1C(F)(F)F)C(=O)Nc1ccn(C)n1. The number of halogens is 3. The van der Waals surface area contributed by atoms with Crippen molar-refractivity contribution >= 4 is 11.7 Å². The van der Waals surface area contributed by atoms with Crippen LogP contribution in [-0.2, 0) is 18.0 Å². The molecule has 0 spiro atoms. The number of alkyl halides is 3. The fourth-order valence-electron chi connectivity index (χ4n) is 1.76.